The number of amides is 2. The smallest absolute Gasteiger partial charge is 0.410 e. The molecule has 170 valence electrons. The van der Waals surface area contributed by atoms with Crippen LogP contribution >= 0.6 is 0 Å². The van der Waals surface area contributed by atoms with E-state index in [0.29, 0.717) is 19.3 Å². The third kappa shape index (κ3) is 5.63. The SMILES string of the molecule is C=CC(=O)NC1CC(CO)N(S(=O)(=O)C2CCN(C(=O)OCc3ccccc3)CC2)C1. The molecule has 0 aliphatic carbocycles. The molecule has 2 amide bonds. The Hall–Kier alpha value is -2.43. The standard InChI is InChI=1S/C21H29N3O6S/c1-2-20(26)22-17-12-18(14-25)24(13-17)31(28,29)19-8-10-23(11-9-19)21(27)30-15-16-6-4-3-5-7-16/h2-7,17-19,25H,1,8-15H2,(H,22,26). The lowest BCUT2D eigenvalue weighted by Crippen LogP contribution is -2.49. The van der Waals surface area contributed by atoms with Crippen LogP contribution in [-0.4, -0.2) is 78.3 Å². The van der Waals surface area contributed by atoms with Gasteiger partial charge in [0.25, 0.3) is 0 Å². The average molecular weight is 452 g/mol. The molecule has 2 aliphatic rings. The van der Waals surface area contributed by atoms with Crippen molar-refractivity contribution in [3.05, 3.63) is 48.6 Å². The summed E-state index contributed by atoms with van der Waals surface area (Å²) in [4.78, 5) is 25.4. The molecule has 10 heteroatoms. The van der Waals surface area contributed by atoms with Crippen LogP contribution in [0.4, 0.5) is 4.79 Å². The number of hydrogen-bond donors (Lipinski definition) is 2. The number of carbonyl (C=O) groups is 2. The van der Waals surface area contributed by atoms with Gasteiger partial charge >= 0.3 is 6.09 Å². The fraction of sp³-hybridized carbons (Fsp3) is 0.524. The number of benzene rings is 1. The first-order valence-electron chi connectivity index (χ1n) is 10.3. The largest absolute Gasteiger partial charge is 0.445 e. The number of likely N-dealkylation sites (tertiary alicyclic amines) is 1. The van der Waals surface area contributed by atoms with Crippen LogP contribution in [0.1, 0.15) is 24.8 Å². The molecule has 2 heterocycles. The number of hydrogen-bond acceptors (Lipinski definition) is 6. The van der Waals surface area contributed by atoms with Gasteiger partial charge in [-0.05, 0) is 30.9 Å². The summed E-state index contributed by atoms with van der Waals surface area (Å²) < 4.78 is 33.0. The number of piperidine rings is 1. The van der Waals surface area contributed by atoms with Crippen molar-refractivity contribution >= 4 is 22.0 Å². The molecule has 2 aliphatic heterocycles. The molecular weight excluding hydrogens is 422 g/mol. The molecule has 3 rings (SSSR count). The van der Waals surface area contributed by atoms with E-state index in [0.717, 1.165) is 11.6 Å². The normalized spacial score (nSPS) is 22.8. The topological polar surface area (TPSA) is 116 Å². The van der Waals surface area contributed by atoms with Crippen molar-refractivity contribution in [1.82, 2.24) is 14.5 Å². The van der Waals surface area contributed by atoms with Gasteiger partial charge in [0.2, 0.25) is 15.9 Å². The van der Waals surface area contributed by atoms with E-state index in [2.05, 4.69) is 11.9 Å². The molecular formula is C21H29N3O6S. The number of nitrogens with zero attached hydrogens (tertiary/aromatic N) is 2. The summed E-state index contributed by atoms with van der Waals surface area (Å²) in [5, 5.41) is 11.7. The molecule has 0 saturated carbocycles. The second kappa shape index (κ2) is 10.3. The van der Waals surface area contributed by atoms with Crippen LogP contribution in [0.15, 0.2) is 43.0 Å². The summed E-state index contributed by atoms with van der Waals surface area (Å²) in [6.45, 7) is 3.94. The molecule has 2 fully saturated rings. The molecule has 0 bridgehead atoms. The fourth-order valence-electron chi connectivity index (χ4n) is 4.07. The van der Waals surface area contributed by atoms with Gasteiger partial charge < -0.3 is 20.1 Å². The number of ether oxygens (including phenoxy) is 1. The van der Waals surface area contributed by atoms with Gasteiger partial charge in [-0.3, -0.25) is 4.79 Å². The van der Waals surface area contributed by atoms with Gasteiger partial charge in [0, 0.05) is 31.7 Å². The van der Waals surface area contributed by atoms with Crippen LogP contribution in [-0.2, 0) is 26.2 Å². The lowest BCUT2D eigenvalue weighted by molar-refractivity contribution is -0.117. The van der Waals surface area contributed by atoms with E-state index in [1.54, 1.807) is 0 Å². The third-order valence-corrected chi connectivity index (χ3v) is 8.17. The van der Waals surface area contributed by atoms with Crippen molar-refractivity contribution in [2.75, 3.05) is 26.2 Å². The Kier molecular flexibility index (Phi) is 7.69. The second-order valence-corrected chi connectivity index (χ2v) is 9.99. The monoisotopic (exact) mass is 451 g/mol. The highest BCUT2D eigenvalue weighted by Crippen LogP contribution is 2.28. The van der Waals surface area contributed by atoms with Crippen LogP contribution in [0, 0.1) is 0 Å². The van der Waals surface area contributed by atoms with Crippen LogP contribution in [0.25, 0.3) is 0 Å². The molecule has 1 aromatic carbocycles. The fourth-order valence-corrected chi connectivity index (χ4v) is 6.21. The van der Waals surface area contributed by atoms with Crippen molar-refractivity contribution in [3.8, 4) is 0 Å². The third-order valence-electron chi connectivity index (χ3n) is 5.76. The van der Waals surface area contributed by atoms with Gasteiger partial charge in [-0.2, -0.15) is 4.31 Å². The number of rotatable bonds is 7. The molecule has 0 spiro atoms. The van der Waals surface area contributed by atoms with Crippen LogP contribution in [0.3, 0.4) is 0 Å². The maximum Gasteiger partial charge on any atom is 0.410 e. The van der Waals surface area contributed by atoms with Crippen molar-refractivity contribution in [1.29, 1.82) is 0 Å². The van der Waals surface area contributed by atoms with E-state index in [-0.39, 0.29) is 44.8 Å². The molecule has 31 heavy (non-hydrogen) atoms. The Morgan fingerprint density at radius 1 is 1.23 bits per heavy atom. The highest BCUT2D eigenvalue weighted by Gasteiger charge is 2.44. The summed E-state index contributed by atoms with van der Waals surface area (Å²) in [5.74, 6) is -0.372. The summed E-state index contributed by atoms with van der Waals surface area (Å²) in [6.07, 6.45) is 1.61. The summed E-state index contributed by atoms with van der Waals surface area (Å²) in [7, 11) is -3.69. The molecule has 1 aromatic rings. The van der Waals surface area contributed by atoms with Gasteiger partial charge in [-0.1, -0.05) is 36.9 Å². The number of aliphatic hydroxyl groups excluding tert-OH is 1. The minimum atomic E-state index is -3.69. The van der Waals surface area contributed by atoms with E-state index in [4.69, 9.17) is 4.74 Å². The Morgan fingerprint density at radius 2 is 1.90 bits per heavy atom. The van der Waals surface area contributed by atoms with Crippen molar-refractivity contribution in [2.24, 2.45) is 0 Å². The number of sulfonamides is 1. The lowest BCUT2D eigenvalue weighted by Gasteiger charge is -2.34. The average Bonchev–Trinajstić information content (AvgIpc) is 3.21. The zero-order valence-electron chi connectivity index (χ0n) is 17.4. The first-order chi connectivity index (χ1) is 14.8. The van der Waals surface area contributed by atoms with Crippen molar-refractivity contribution in [2.45, 2.75) is 43.2 Å². The van der Waals surface area contributed by atoms with Gasteiger partial charge in [0.15, 0.2) is 0 Å². The van der Waals surface area contributed by atoms with E-state index in [9.17, 15) is 23.1 Å². The maximum atomic E-state index is 13.2. The van der Waals surface area contributed by atoms with Gasteiger partial charge in [0.1, 0.15) is 6.61 Å². The highest BCUT2D eigenvalue weighted by molar-refractivity contribution is 7.89. The predicted octanol–water partition coefficient (Wildman–Crippen LogP) is 0.855. The van der Waals surface area contributed by atoms with E-state index in [1.807, 2.05) is 30.3 Å². The zero-order valence-corrected chi connectivity index (χ0v) is 18.2. The van der Waals surface area contributed by atoms with Crippen molar-refractivity contribution < 1.29 is 27.9 Å². The Balaban J connectivity index is 1.54. The quantitative estimate of drug-likeness (QED) is 0.594. The van der Waals surface area contributed by atoms with Gasteiger partial charge in [-0.25, -0.2) is 13.2 Å². The van der Waals surface area contributed by atoms with Crippen LogP contribution in [0.2, 0.25) is 0 Å². The van der Waals surface area contributed by atoms with E-state index >= 15 is 0 Å². The minimum absolute atomic E-state index is 0.118. The van der Waals surface area contributed by atoms with Crippen LogP contribution < -0.4 is 5.32 Å². The van der Waals surface area contributed by atoms with Crippen LogP contribution in [0.5, 0.6) is 0 Å². The summed E-state index contributed by atoms with van der Waals surface area (Å²) >= 11 is 0. The zero-order chi connectivity index (χ0) is 22.4. The molecule has 2 N–H and O–H groups in total. The molecule has 0 radical (unpaired) electrons. The number of aliphatic hydroxyl groups is 1. The highest BCUT2D eigenvalue weighted by atomic mass is 32.2. The first-order valence-corrected chi connectivity index (χ1v) is 11.9. The minimum Gasteiger partial charge on any atom is -0.445 e. The number of nitrogens with one attached hydrogen (secondary N) is 1. The maximum absolute atomic E-state index is 13.2. The Morgan fingerprint density at radius 3 is 2.52 bits per heavy atom. The summed E-state index contributed by atoms with van der Waals surface area (Å²) in [6, 6.07) is 8.40. The Bertz CT molecular complexity index is 884. The molecule has 2 unspecified atom stereocenters. The predicted molar refractivity (Wildman–Crippen MR) is 114 cm³/mol. The van der Waals surface area contributed by atoms with Gasteiger partial charge in [-0.15, -0.1) is 0 Å². The number of carbonyl (C=O) groups excluding carboxylic acids is 2. The molecule has 2 saturated heterocycles. The first kappa shape index (κ1) is 23.2. The van der Waals surface area contributed by atoms with Crippen molar-refractivity contribution in [3.63, 3.8) is 0 Å². The molecule has 2 atom stereocenters. The van der Waals surface area contributed by atoms with E-state index in [1.165, 1.54) is 9.21 Å². The molecule has 0 aromatic heterocycles. The van der Waals surface area contributed by atoms with Gasteiger partial charge in [0.05, 0.1) is 11.9 Å². The molecule has 9 nitrogen and oxygen atoms in total. The Labute approximate surface area is 182 Å². The second-order valence-electron chi connectivity index (χ2n) is 7.82. The lowest BCUT2D eigenvalue weighted by atomic mass is 10.1. The van der Waals surface area contributed by atoms with E-state index < -0.39 is 27.4 Å². The summed E-state index contributed by atoms with van der Waals surface area (Å²) in [5.41, 5.74) is 0.885.